The first-order valence-corrected chi connectivity index (χ1v) is 10.7. The molecule has 11 heteroatoms. The highest BCUT2D eigenvalue weighted by molar-refractivity contribution is 7.92. The van der Waals surface area contributed by atoms with Crippen molar-refractivity contribution in [3.63, 3.8) is 0 Å². The van der Waals surface area contributed by atoms with Crippen LogP contribution in [0.25, 0.3) is 11.0 Å². The number of nitrogens with zero attached hydrogens (tertiary/aromatic N) is 1. The second-order valence-corrected chi connectivity index (χ2v) is 8.44. The van der Waals surface area contributed by atoms with Crippen molar-refractivity contribution >= 4 is 38.4 Å². The molecule has 1 amide bonds. The highest BCUT2D eigenvalue weighted by Crippen LogP contribution is 2.21. The van der Waals surface area contributed by atoms with Gasteiger partial charge in [0, 0.05) is 17.1 Å². The lowest BCUT2D eigenvalue weighted by atomic mass is 10.1. The van der Waals surface area contributed by atoms with Crippen molar-refractivity contribution < 1.29 is 26.9 Å². The van der Waals surface area contributed by atoms with Crippen LogP contribution in [-0.2, 0) is 10.0 Å². The van der Waals surface area contributed by atoms with Gasteiger partial charge in [0.15, 0.2) is 5.82 Å². The average molecular weight is 455 g/mol. The van der Waals surface area contributed by atoms with Gasteiger partial charge in [0.2, 0.25) is 0 Å². The van der Waals surface area contributed by atoms with E-state index >= 15 is 0 Å². The number of amides is 1. The predicted molar refractivity (Wildman–Crippen MR) is 115 cm³/mol. The van der Waals surface area contributed by atoms with E-state index in [1.165, 1.54) is 43.5 Å². The van der Waals surface area contributed by atoms with Crippen LogP contribution in [-0.4, -0.2) is 26.6 Å². The van der Waals surface area contributed by atoms with Crippen LogP contribution >= 0.6 is 0 Å². The summed E-state index contributed by atoms with van der Waals surface area (Å²) in [5, 5.41) is 6.66. The van der Waals surface area contributed by atoms with Gasteiger partial charge in [-0.15, -0.1) is 0 Å². The molecule has 0 aliphatic heterocycles. The van der Waals surface area contributed by atoms with Crippen LogP contribution in [0.3, 0.4) is 0 Å². The molecule has 2 heterocycles. The van der Waals surface area contributed by atoms with Crippen molar-refractivity contribution in [1.29, 1.82) is 0 Å². The molecule has 0 saturated heterocycles. The van der Waals surface area contributed by atoms with Crippen LogP contribution in [0.5, 0.6) is 5.75 Å². The van der Waals surface area contributed by atoms with E-state index in [4.69, 9.17) is 13.7 Å². The minimum Gasteiger partial charge on any atom is -0.497 e. The number of fused-ring (bicyclic) bond motifs is 1. The number of benzene rings is 2. The number of aryl methyl sites for hydroxylation is 1. The van der Waals surface area contributed by atoms with Crippen molar-refractivity contribution in [2.45, 2.75) is 11.8 Å². The fourth-order valence-corrected chi connectivity index (χ4v) is 3.90. The van der Waals surface area contributed by atoms with Crippen molar-refractivity contribution in [2.75, 3.05) is 17.1 Å². The monoisotopic (exact) mass is 455 g/mol. The summed E-state index contributed by atoms with van der Waals surface area (Å²) >= 11 is 0. The largest absolute Gasteiger partial charge is 0.497 e. The van der Waals surface area contributed by atoms with Crippen LogP contribution in [0, 0.1) is 6.92 Å². The maximum absolute atomic E-state index is 12.6. The molecule has 0 bridgehead atoms. The second kappa shape index (κ2) is 8.19. The number of rotatable bonds is 6. The normalized spacial score (nSPS) is 11.3. The van der Waals surface area contributed by atoms with Gasteiger partial charge in [-0.25, -0.2) is 13.2 Å². The Labute approximate surface area is 181 Å². The Balaban J connectivity index is 1.54. The molecule has 32 heavy (non-hydrogen) atoms. The van der Waals surface area contributed by atoms with Gasteiger partial charge in [0.1, 0.15) is 22.7 Å². The number of hydrogen-bond donors (Lipinski definition) is 2. The molecule has 164 valence electrons. The molecule has 10 nitrogen and oxygen atoms in total. The number of sulfonamides is 1. The van der Waals surface area contributed by atoms with Gasteiger partial charge < -0.3 is 19.0 Å². The zero-order valence-corrected chi connectivity index (χ0v) is 17.7. The second-order valence-electron chi connectivity index (χ2n) is 6.76. The van der Waals surface area contributed by atoms with E-state index < -0.39 is 21.6 Å². The first-order valence-electron chi connectivity index (χ1n) is 9.24. The van der Waals surface area contributed by atoms with E-state index in [0.29, 0.717) is 22.5 Å². The van der Waals surface area contributed by atoms with E-state index in [2.05, 4.69) is 15.2 Å². The van der Waals surface area contributed by atoms with Crippen LogP contribution in [0.1, 0.15) is 16.1 Å². The first kappa shape index (κ1) is 21.1. The predicted octanol–water partition coefficient (Wildman–Crippen LogP) is 3.15. The van der Waals surface area contributed by atoms with E-state index in [1.54, 1.807) is 25.1 Å². The first-order chi connectivity index (χ1) is 15.2. The Morgan fingerprint density at radius 3 is 2.47 bits per heavy atom. The molecule has 0 fully saturated rings. The lowest BCUT2D eigenvalue weighted by Gasteiger charge is -2.08. The summed E-state index contributed by atoms with van der Waals surface area (Å²) in [6.45, 7) is 1.63. The SMILES string of the molecule is COc1ccc2oc(=O)c(C(=O)Nc3ccc(S(=O)(=O)Nc4cc(C)on4)cc3)cc2c1. The molecule has 0 aliphatic carbocycles. The van der Waals surface area contributed by atoms with Gasteiger partial charge >= 0.3 is 5.63 Å². The Kier molecular flexibility index (Phi) is 5.41. The summed E-state index contributed by atoms with van der Waals surface area (Å²) in [6, 6.07) is 13.1. The van der Waals surface area contributed by atoms with E-state index in [1.807, 2.05) is 0 Å². The van der Waals surface area contributed by atoms with Gasteiger partial charge in [-0.05, 0) is 55.5 Å². The Hall–Kier alpha value is -4.12. The molecule has 0 unspecified atom stereocenters. The van der Waals surface area contributed by atoms with Gasteiger partial charge in [-0.1, -0.05) is 5.16 Å². The molecular formula is C21H17N3O7S. The lowest BCUT2D eigenvalue weighted by molar-refractivity contribution is 0.102. The molecule has 4 rings (SSSR count). The number of anilines is 2. The average Bonchev–Trinajstić information content (AvgIpc) is 3.17. The minimum atomic E-state index is -3.90. The molecule has 2 N–H and O–H groups in total. The highest BCUT2D eigenvalue weighted by atomic mass is 32.2. The fourth-order valence-electron chi connectivity index (χ4n) is 2.91. The number of nitrogens with one attached hydrogen (secondary N) is 2. The summed E-state index contributed by atoms with van der Waals surface area (Å²) in [5.74, 6) is 0.357. The molecule has 2 aromatic heterocycles. The zero-order valence-electron chi connectivity index (χ0n) is 16.9. The Morgan fingerprint density at radius 1 is 1.06 bits per heavy atom. The molecule has 4 aromatic rings. The topological polar surface area (TPSA) is 141 Å². The maximum Gasteiger partial charge on any atom is 0.349 e. The highest BCUT2D eigenvalue weighted by Gasteiger charge is 2.18. The zero-order chi connectivity index (χ0) is 22.9. The summed E-state index contributed by atoms with van der Waals surface area (Å²) < 4.78 is 42.4. The number of ether oxygens (including phenoxy) is 1. The van der Waals surface area contributed by atoms with E-state index in [-0.39, 0.29) is 22.0 Å². The number of carbonyl (C=O) groups is 1. The summed E-state index contributed by atoms with van der Waals surface area (Å²) in [7, 11) is -2.40. The minimum absolute atomic E-state index is 0.0477. The van der Waals surface area contributed by atoms with Crippen LogP contribution < -0.4 is 20.4 Å². The molecule has 2 aromatic carbocycles. The third-order valence-corrected chi connectivity index (χ3v) is 5.84. The van der Waals surface area contributed by atoms with Crippen molar-refractivity contribution in [2.24, 2.45) is 0 Å². The molecule has 0 atom stereocenters. The summed E-state index contributed by atoms with van der Waals surface area (Å²) in [6.07, 6.45) is 0. The molecule has 0 saturated carbocycles. The Morgan fingerprint density at radius 2 is 1.81 bits per heavy atom. The third kappa shape index (κ3) is 4.32. The van der Waals surface area contributed by atoms with E-state index in [9.17, 15) is 18.0 Å². The lowest BCUT2D eigenvalue weighted by Crippen LogP contribution is -2.20. The number of carbonyl (C=O) groups excluding carboxylic acids is 1. The van der Waals surface area contributed by atoms with Crippen LogP contribution in [0.15, 0.2) is 73.2 Å². The number of aromatic nitrogens is 1. The van der Waals surface area contributed by atoms with Gasteiger partial charge in [-0.3, -0.25) is 9.52 Å². The molecule has 0 aliphatic rings. The van der Waals surface area contributed by atoms with Crippen molar-refractivity contribution in [1.82, 2.24) is 5.16 Å². The number of methoxy groups -OCH3 is 1. The molecule has 0 spiro atoms. The Bertz CT molecular complexity index is 1470. The quantitative estimate of drug-likeness (QED) is 0.423. The van der Waals surface area contributed by atoms with Crippen molar-refractivity contribution in [3.8, 4) is 5.75 Å². The van der Waals surface area contributed by atoms with Gasteiger partial charge in [0.25, 0.3) is 15.9 Å². The smallest absolute Gasteiger partial charge is 0.349 e. The van der Waals surface area contributed by atoms with Crippen LogP contribution in [0.2, 0.25) is 0 Å². The summed E-state index contributed by atoms with van der Waals surface area (Å²) in [5.41, 5.74) is -0.398. The third-order valence-electron chi connectivity index (χ3n) is 4.47. The van der Waals surface area contributed by atoms with Crippen molar-refractivity contribution in [3.05, 3.63) is 76.3 Å². The standard InChI is InChI=1S/C21H17N3O7S/c1-12-9-19(23-31-12)24-32(27,28)16-6-3-14(4-7-16)22-20(25)17-11-13-10-15(29-2)5-8-18(13)30-21(17)26/h3-11H,1-2H3,(H,22,25)(H,23,24). The molecular weight excluding hydrogens is 438 g/mol. The maximum atomic E-state index is 12.6. The summed E-state index contributed by atoms with van der Waals surface area (Å²) in [4.78, 5) is 24.8. The van der Waals surface area contributed by atoms with Gasteiger partial charge in [0.05, 0.1) is 12.0 Å². The number of hydrogen-bond acceptors (Lipinski definition) is 8. The molecule has 0 radical (unpaired) electrons. The van der Waals surface area contributed by atoms with E-state index in [0.717, 1.165) is 0 Å². The van der Waals surface area contributed by atoms with Gasteiger partial charge in [-0.2, -0.15) is 0 Å². The fraction of sp³-hybridized carbons (Fsp3) is 0.0952. The van der Waals surface area contributed by atoms with Crippen LogP contribution in [0.4, 0.5) is 11.5 Å².